The van der Waals surface area contributed by atoms with Crippen LogP contribution >= 0.6 is 11.3 Å². The standard InChI is InChI=1S/C19H29N5S/c1-15-7-9-23(12-16(15)24-10-8-21-14-24)18(20-4)22-13-19(2,3)17-6-5-11-25-17/h5-6,8,10-11,14-16H,7,9,12-13H2,1-4H3,(H,20,22). The molecule has 0 bridgehead atoms. The summed E-state index contributed by atoms with van der Waals surface area (Å²) in [6, 6.07) is 4.78. The van der Waals surface area contributed by atoms with Gasteiger partial charge in [-0.05, 0) is 23.8 Å². The van der Waals surface area contributed by atoms with Crippen LogP contribution in [0.1, 0.15) is 38.1 Å². The second kappa shape index (κ2) is 7.60. The van der Waals surface area contributed by atoms with Gasteiger partial charge in [-0.25, -0.2) is 4.98 Å². The second-order valence-corrected chi connectivity index (χ2v) is 8.50. The Kier molecular flexibility index (Phi) is 5.47. The Labute approximate surface area is 154 Å². The molecule has 1 saturated heterocycles. The predicted molar refractivity (Wildman–Crippen MR) is 105 cm³/mol. The minimum absolute atomic E-state index is 0.0942. The molecule has 0 saturated carbocycles. The first-order chi connectivity index (χ1) is 12.0. The van der Waals surface area contributed by atoms with Crippen molar-refractivity contribution in [2.45, 2.75) is 38.6 Å². The van der Waals surface area contributed by atoms with Gasteiger partial charge in [0.05, 0.1) is 12.4 Å². The summed E-state index contributed by atoms with van der Waals surface area (Å²) < 4.78 is 2.24. The fourth-order valence-electron chi connectivity index (χ4n) is 3.48. The lowest BCUT2D eigenvalue weighted by Crippen LogP contribution is -2.50. The maximum absolute atomic E-state index is 4.55. The number of rotatable bonds is 4. The fraction of sp³-hybridized carbons (Fsp3) is 0.579. The number of thiophene rings is 1. The number of aliphatic imine (C=N–C) groups is 1. The van der Waals surface area contributed by atoms with Gasteiger partial charge in [-0.2, -0.15) is 0 Å². The normalized spacial score (nSPS) is 22.2. The number of likely N-dealkylation sites (tertiary alicyclic amines) is 1. The number of hydrogen-bond acceptors (Lipinski definition) is 3. The monoisotopic (exact) mass is 359 g/mol. The molecule has 136 valence electrons. The fourth-order valence-corrected chi connectivity index (χ4v) is 4.33. The second-order valence-electron chi connectivity index (χ2n) is 7.55. The Morgan fingerprint density at radius 1 is 1.48 bits per heavy atom. The number of hydrogen-bond donors (Lipinski definition) is 1. The van der Waals surface area contributed by atoms with Gasteiger partial charge in [0.15, 0.2) is 5.96 Å². The van der Waals surface area contributed by atoms with Crippen molar-refractivity contribution in [3.63, 3.8) is 0 Å². The third-order valence-electron chi connectivity index (χ3n) is 5.21. The van der Waals surface area contributed by atoms with Crippen LogP contribution < -0.4 is 5.32 Å². The van der Waals surface area contributed by atoms with Gasteiger partial charge in [0.1, 0.15) is 0 Å². The summed E-state index contributed by atoms with van der Waals surface area (Å²) in [6.45, 7) is 9.79. The van der Waals surface area contributed by atoms with E-state index in [1.165, 1.54) is 4.88 Å². The topological polar surface area (TPSA) is 45.5 Å². The summed E-state index contributed by atoms with van der Waals surface area (Å²) in [5, 5.41) is 5.75. The van der Waals surface area contributed by atoms with Crippen molar-refractivity contribution in [3.8, 4) is 0 Å². The highest BCUT2D eigenvalue weighted by Gasteiger charge is 2.30. The zero-order valence-electron chi connectivity index (χ0n) is 15.6. The van der Waals surface area contributed by atoms with Gasteiger partial charge in [-0.15, -0.1) is 11.3 Å². The van der Waals surface area contributed by atoms with Crippen LogP contribution in [0.15, 0.2) is 41.2 Å². The first kappa shape index (κ1) is 18.0. The first-order valence-corrected chi connectivity index (χ1v) is 9.86. The summed E-state index contributed by atoms with van der Waals surface area (Å²) in [6.07, 6.45) is 7.03. The number of imidazole rings is 1. The Morgan fingerprint density at radius 2 is 2.32 bits per heavy atom. The Balaban J connectivity index is 1.65. The maximum Gasteiger partial charge on any atom is 0.193 e. The molecule has 0 spiro atoms. The van der Waals surface area contributed by atoms with E-state index in [1.54, 1.807) is 0 Å². The molecule has 2 aromatic rings. The van der Waals surface area contributed by atoms with Gasteiger partial charge in [-0.1, -0.05) is 26.8 Å². The van der Waals surface area contributed by atoms with Crippen LogP contribution in [0.2, 0.25) is 0 Å². The van der Waals surface area contributed by atoms with Crippen molar-refractivity contribution >= 4 is 17.3 Å². The zero-order chi connectivity index (χ0) is 17.9. The highest BCUT2D eigenvalue weighted by atomic mass is 32.1. The number of aromatic nitrogens is 2. The van der Waals surface area contributed by atoms with Gasteiger partial charge in [0.2, 0.25) is 0 Å². The third kappa shape index (κ3) is 4.06. The van der Waals surface area contributed by atoms with Gasteiger partial charge >= 0.3 is 0 Å². The van der Waals surface area contributed by atoms with Gasteiger partial charge < -0.3 is 14.8 Å². The van der Waals surface area contributed by atoms with Crippen LogP contribution in [0.4, 0.5) is 0 Å². The van der Waals surface area contributed by atoms with E-state index in [2.05, 4.69) is 69.2 Å². The molecule has 3 heterocycles. The van der Waals surface area contributed by atoms with E-state index in [1.807, 2.05) is 30.9 Å². The lowest BCUT2D eigenvalue weighted by Gasteiger charge is -2.40. The van der Waals surface area contributed by atoms with Crippen LogP contribution in [-0.2, 0) is 5.41 Å². The van der Waals surface area contributed by atoms with Gasteiger partial charge in [-0.3, -0.25) is 4.99 Å². The number of piperidine rings is 1. The molecule has 0 aromatic carbocycles. The molecule has 6 heteroatoms. The average molecular weight is 360 g/mol. The molecule has 1 aliphatic heterocycles. The SMILES string of the molecule is CN=C(NCC(C)(C)c1cccs1)N1CCC(C)C(n2ccnc2)C1. The molecule has 2 atom stereocenters. The largest absolute Gasteiger partial charge is 0.355 e. The molecule has 25 heavy (non-hydrogen) atoms. The average Bonchev–Trinajstić information content (AvgIpc) is 3.30. The predicted octanol–water partition coefficient (Wildman–Crippen LogP) is 3.38. The van der Waals surface area contributed by atoms with Crippen molar-refractivity contribution in [1.29, 1.82) is 0 Å². The van der Waals surface area contributed by atoms with Gasteiger partial charge in [0.25, 0.3) is 0 Å². The van der Waals surface area contributed by atoms with Crippen molar-refractivity contribution in [3.05, 3.63) is 41.1 Å². The number of nitrogens with zero attached hydrogens (tertiary/aromatic N) is 4. The molecule has 0 radical (unpaired) electrons. The Hall–Kier alpha value is -1.82. The lowest BCUT2D eigenvalue weighted by molar-refractivity contribution is 0.188. The minimum Gasteiger partial charge on any atom is -0.355 e. The van der Waals surface area contributed by atoms with Crippen molar-refractivity contribution in [2.24, 2.45) is 10.9 Å². The minimum atomic E-state index is 0.0942. The summed E-state index contributed by atoms with van der Waals surface area (Å²) in [4.78, 5) is 12.6. The molecule has 1 aliphatic rings. The molecule has 2 aromatic heterocycles. The number of guanidine groups is 1. The molecular weight excluding hydrogens is 330 g/mol. The highest BCUT2D eigenvalue weighted by molar-refractivity contribution is 7.10. The van der Waals surface area contributed by atoms with Crippen LogP contribution in [0.3, 0.4) is 0 Å². The van der Waals surface area contributed by atoms with Crippen LogP contribution in [-0.4, -0.2) is 47.1 Å². The summed E-state index contributed by atoms with van der Waals surface area (Å²) in [5.41, 5.74) is 0.0942. The van der Waals surface area contributed by atoms with E-state index in [9.17, 15) is 0 Å². The summed E-state index contributed by atoms with van der Waals surface area (Å²) in [7, 11) is 1.88. The molecule has 3 rings (SSSR count). The van der Waals surface area contributed by atoms with Gasteiger partial charge in [0, 0.05) is 49.4 Å². The van der Waals surface area contributed by atoms with E-state index in [4.69, 9.17) is 0 Å². The molecule has 1 fully saturated rings. The Bertz CT molecular complexity index is 675. The van der Waals surface area contributed by atoms with E-state index < -0.39 is 0 Å². The third-order valence-corrected chi connectivity index (χ3v) is 6.45. The molecule has 0 aliphatic carbocycles. The molecular formula is C19H29N5S. The van der Waals surface area contributed by atoms with E-state index >= 15 is 0 Å². The molecule has 0 amide bonds. The summed E-state index contributed by atoms with van der Waals surface area (Å²) >= 11 is 1.82. The first-order valence-electron chi connectivity index (χ1n) is 8.98. The van der Waals surface area contributed by atoms with Crippen molar-refractivity contribution < 1.29 is 0 Å². The quantitative estimate of drug-likeness (QED) is 0.672. The van der Waals surface area contributed by atoms with Crippen molar-refractivity contribution in [2.75, 3.05) is 26.7 Å². The molecule has 5 nitrogen and oxygen atoms in total. The van der Waals surface area contributed by atoms with Crippen LogP contribution in [0, 0.1) is 5.92 Å². The smallest absolute Gasteiger partial charge is 0.193 e. The highest BCUT2D eigenvalue weighted by Crippen LogP contribution is 2.29. The zero-order valence-corrected chi connectivity index (χ0v) is 16.5. The van der Waals surface area contributed by atoms with E-state index in [-0.39, 0.29) is 5.41 Å². The van der Waals surface area contributed by atoms with Crippen molar-refractivity contribution in [1.82, 2.24) is 19.8 Å². The van der Waals surface area contributed by atoms with E-state index in [0.29, 0.717) is 12.0 Å². The van der Waals surface area contributed by atoms with Crippen LogP contribution in [0.5, 0.6) is 0 Å². The number of nitrogens with one attached hydrogen (secondary N) is 1. The van der Waals surface area contributed by atoms with Crippen LogP contribution in [0.25, 0.3) is 0 Å². The lowest BCUT2D eigenvalue weighted by atomic mass is 9.91. The molecule has 2 unspecified atom stereocenters. The maximum atomic E-state index is 4.55. The summed E-state index contributed by atoms with van der Waals surface area (Å²) in [5.74, 6) is 1.65. The Morgan fingerprint density at radius 3 is 2.96 bits per heavy atom. The van der Waals surface area contributed by atoms with E-state index in [0.717, 1.165) is 32.0 Å². The molecule has 1 N–H and O–H groups in total.